The lowest BCUT2D eigenvalue weighted by Crippen LogP contribution is -2.07. The molecule has 0 aliphatic carbocycles. The summed E-state index contributed by atoms with van der Waals surface area (Å²) in [5.41, 5.74) is 2.99. The van der Waals surface area contributed by atoms with Crippen molar-refractivity contribution in [1.82, 2.24) is 9.97 Å². The molecular weight excluding hydrogens is 259 g/mol. The number of pyridine rings is 2. The van der Waals surface area contributed by atoms with Crippen LogP contribution in [-0.4, -0.2) is 22.2 Å². The minimum absolute atomic E-state index is 0.285. The quantitative estimate of drug-likeness (QED) is 0.932. The molecule has 1 N–H and O–H groups in total. The Labute approximate surface area is 117 Å². The maximum Gasteiger partial charge on any atom is 0.141 e. The number of aliphatic hydroxyl groups is 1. The minimum atomic E-state index is -0.850. The van der Waals surface area contributed by atoms with Crippen LogP contribution in [0.3, 0.4) is 0 Å². The Morgan fingerprint density at radius 3 is 2.70 bits per heavy atom. The topological polar surface area (TPSA) is 55.2 Å². The molecule has 0 spiro atoms. The Morgan fingerprint density at radius 2 is 2.05 bits per heavy atom. The summed E-state index contributed by atoms with van der Waals surface area (Å²) in [6.07, 6.45) is 3.70. The number of hydrogen-bond donors (Lipinski definition) is 1. The summed E-state index contributed by atoms with van der Waals surface area (Å²) in [7, 11) is 1.60. The summed E-state index contributed by atoms with van der Waals surface area (Å²) in [5, 5.41) is 10.2. The van der Waals surface area contributed by atoms with Crippen LogP contribution >= 0.6 is 0 Å². The third-order valence-electron chi connectivity index (χ3n) is 3.25. The number of halogens is 1. The number of rotatable bonds is 4. The molecule has 20 heavy (non-hydrogen) atoms. The van der Waals surface area contributed by atoms with E-state index in [9.17, 15) is 9.50 Å². The second-order valence-electron chi connectivity index (χ2n) is 4.70. The smallest absolute Gasteiger partial charge is 0.141 e. The molecule has 4 nitrogen and oxygen atoms in total. The number of nitrogens with zero attached hydrogens (tertiary/aromatic N) is 2. The monoisotopic (exact) mass is 276 g/mol. The van der Waals surface area contributed by atoms with E-state index in [4.69, 9.17) is 4.74 Å². The van der Waals surface area contributed by atoms with Crippen LogP contribution in [0.25, 0.3) is 0 Å². The lowest BCUT2D eigenvalue weighted by Gasteiger charge is -2.15. The van der Waals surface area contributed by atoms with Crippen LogP contribution in [0.5, 0.6) is 5.75 Å². The molecule has 2 rings (SSSR count). The first-order chi connectivity index (χ1) is 9.52. The van der Waals surface area contributed by atoms with E-state index in [1.807, 2.05) is 13.8 Å². The predicted molar refractivity (Wildman–Crippen MR) is 73.1 cm³/mol. The van der Waals surface area contributed by atoms with E-state index in [1.165, 1.54) is 12.3 Å². The van der Waals surface area contributed by atoms with Gasteiger partial charge in [0.25, 0.3) is 0 Å². The van der Waals surface area contributed by atoms with Crippen molar-refractivity contribution in [2.75, 3.05) is 7.11 Å². The molecule has 0 aliphatic heterocycles. The van der Waals surface area contributed by atoms with Gasteiger partial charge in [0, 0.05) is 41.2 Å². The molecule has 0 aromatic carbocycles. The lowest BCUT2D eigenvalue weighted by atomic mass is 10.0. The maximum atomic E-state index is 13.1. The molecule has 5 heteroatoms. The summed E-state index contributed by atoms with van der Waals surface area (Å²) < 4.78 is 18.4. The van der Waals surface area contributed by atoms with Gasteiger partial charge in [-0.25, -0.2) is 4.39 Å². The van der Waals surface area contributed by atoms with Crippen LogP contribution < -0.4 is 4.74 Å². The third-order valence-corrected chi connectivity index (χ3v) is 3.25. The highest BCUT2D eigenvalue weighted by Crippen LogP contribution is 2.27. The van der Waals surface area contributed by atoms with Crippen LogP contribution in [0.1, 0.15) is 28.5 Å². The van der Waals surface area contributed by atoms with E-state index >= 15 is 0 Å². The zero-order chi connectivity index (χ0) is 14.7. The summed E-state index contributed by atoms with van der Waals surface area (Å²) in [4.78, 5) is 8.06. The van der Waals surface area contributed by atoms with Gasteiger partial charge in [-0.1, -0.05) is 0 Å². The molecule has 0 bridgehead atoms. The molecule has 0 radical (unpaired) electrons. The average molecular weight is 276 g/mol. The Bertz CT molecular complexity index is 617. The van der Waals surface area contributed by atoms with E-state index in [0.29, 0.717) is 5.56 Å². The molecule has 0 saturated carbocycles. The van der Waals surface area contributed by atoms with Gasteiger partial charge in [-0.15, -0.1) is 0 Å². The molecule has 1 atom stereocenters. The highest BCUT2D eigenvalue weighted by atomic mass is 19.1. The van der Waals surface area contributed by atoms with Crippen molar-refractivity contribution in [2.45, 2.75) is 26.4 Å². The molecule has 0 aliphatic rings. The van der Waals surface area contributed by atoms with E-state index in [0.717, 1.165) is 28.8 Å². The van der Waals surface area contributed by atoms with E-state index < -0.39 is 11.9 Å². The number of aromatic nitrogens is 2. The minimum Gasteiger partial charge on any atom is -0.496 e. The Hall–Kier alpha value is -2.01. The molecular formula is C15H17FN2O2. The largest absolute Gasteiger partial charge is 0.496 e. The Morgan fingerprint density at radius 1 is 1.30 bits per heavy atom. The highest BCUT2D eigenvalue weighted by Gasteiger charge is 2.15. The van der Waals surface area contributed by atoms with Crippen LogP contribution in [0, 0.1) is 19.7 Å². The van der Waals surface area contributed by atoms with Gasteiger partial charge in [-0.3, -0.25) is 9.97 Å². The van der Waals surface area contributed by atoms with E-state index in [-0.39, 0.29) is 6.42 Å². The van der Waals surface area contributed by atoms with Crippen molar-refractivity contribution in [3.8, 4) is 5.75 Å². The molecule has 0 amide bonds. The molecule has 2 heterocycles. The summed E-state index contributed by atoms with van der Waals surface area (Å²) >= 11 is 0. The third kappa shape index (κ3) is 2.93. The van der Waals surface area contributed by atoms with Crippen LogP contribution in [0.15, 0.2) is 24.7 Å². The second kappa shape index (κ2) is 5.96. The number of ether oxygens (including phenoxy) is 1. The zero-order valence-electron chi connectivity index (χ0n) is 11.7. The first-order valence-electron chi connectivity index (χ1n) is 6.30. The van der Waals surface area contributed by atoms with Crippen molar-refractivity contribution in [3.05, 3.63) is 52.9 Å². The molecule has 0 fully saturated rings. The van der Waals surface area contributed by atoms with Crippen LogP contribution in [0.4, 0.5) is 4.39 Å². The molecule has 1 unspecified atom stereocenters. The highest BCUT2D eigenvalue weighted by molar-refractivity contribution is 5.41. The van der Waals surface area contributed by atoms with Crippen LogP contribution in [0.2, 0.25) is 0 Å². The number of aryl methyl sites for hydroxylation is 1. The van der Waals surface area contributed by atoms with Crippen molar-refractivity contribution < 1.29 is 14.2 Å². The molecule has 2 aromatic heterocycles. The van der Waals surface area contributed by atoms with Crippen molar-refractivity contribution in [1.29, 1.82) is 0 Å². The van der Waals surface area contributed by atoms with Gasteiger partial charge < -0.3 is 9.84 Å². The van der Waals surface area contributed by atoms with Gasteiger partial charge in [0.1, 0.15) is 11.6 Å². The molecule has 0 saturated heterocycles. The van der Waals surface area contributed by atoms with Gasteiger partial charge in [-0.2, -0.15) is 0 Å². The van der Waals surface area contributed by atoms with E-state index in [2.05, 4.69) is 9.97 Å². The standard InChI is InChI=1S/C15H17FN2O2/c1-9-6-18-13(10(2)15(9)20-3)5-14(19)11-4-12(16)8-17-7-11/h4,6-8,14,19H,5H2,1-3H3. The lowest BCUT2D eigenvalue weighted by molar-refractivity contribution is 0.176. The maximum absolute atomic E-state index is 13.1. The van der Waals surface area contributed by atoms with Gasteiger partial charge in [0.05, 0.1) is 19.4 Å². The van der Waals surface area contributed by atoms with Crippen molar-refractivity contribution >= 4 is 0 Å². The van der Waals surface area contributed by atoms with Crippen molar-refractivity contribution in [3.63, 3.8) is 0 Å². The predicted octanol–water partition coefficient (Wildman–Crippen LogP) is 2.52. The SMILES string of the molecule is COc1c(C)cnc(CC(O)c2cncc(F)c2)c1C. The number of aliphatic hydroxyl groups excluding tert-OH is 1. The summed E-state index contributed by atoms with van der Waals surface area (Å²) in [6.45, 7) is 3.81. The fourth-order valence-corrected chi connectivity index (χ4v) is 2.19. The molecule has 106 valence electrons. The normalized spacial score (nSPS) is 12.2. The first kappa shape index (κ1) is 14.4. The number of methoxy groups -OCH3 is 1. The van der Waals surface area contributed by atoms with Gasteiger partial charge >= 0.3 is 0 Å². The molecule has 2 aromatic rings. The van der Waals surface area contributed by atoms with E-state index in [1.54, 1.807) is 13.3 Å². The van der Waals surface area contributed by atoms with Crippen molar-refractivity contribution in [2.24, 2.45) is 0 Å². The second-order valence-corrected chi connectivity index (χ2v) is 4.70. The Kier molecular flexibility index (Phi) is 4.29. The van der Waals surface area contributed by atoms with Gasteiger partial charge in [0.2, 0.25) is 0 Å². The van der Waals surface area contributed by atoms with Gasteiger partial charge in [0.15, 0.2) is 0 Å². The Balaban J connectivity index is 2.26. The zero-order valence-corrected chi connectivity index (χ0v) is 11.7. The first-order valence-corrected chi connectivity index (χ1v) is 6.30. The fraction of sp³-hybridized carbons (Fsp3) is 0.333. The summed E-state index contributed by atoms with van der Waals surface area (Å²) in [6, 6.07) is 1.28. The summed E-state index contributed by atoms with van der Waals surface area (Å²) in [5.74, 6) is 0.298. The fourth-order valence-electron chi connectivity index (χ4n) is 2.19. The van der Waals surface area contributed by atoms with Gasteiger partial charge in [-0.05, 0) is 19.9 Å². The van der Waals surface area contributed by atoms with Crippen LogP contribution in [-0.2, 0) is 6.42 Å². The average Bonchev–Trinajstić information content (AvgIpc) is 2.42. The number of hydrogen-bond acceptors (Lipinski definition) is 4.